The fourth-order valence-electron chi connectivity index (χ4n) is 1.61. The molecular weight excluding hydrogens is 271 g/mol. The highest BCUT2D eigenvalue weighted by molar-refractivity contribution is 5.45. The van der Waals surface area contributed by atoms with E-state index in [0.717, 1.165) is 6.07 Å². The largest absolute Gasteiger partial charge is 0.433 e. The van der Waals surface area contributed by atoms with E-state index in [1.807, 2.05) is 0 Å². The van der Waals surface area contributed by atoms with E-state index in [0.29, 0.717) is 13.1 Å². The highest BCUT2D eigenvalue weighted by Crippen LogP contribution is 2.30. The van der Waals surface area contributed by atoms with E-state index in [1.54, 1.807) is 18.7 Å². The molecule has 1 unspecified atom stereocenters. The average Bonchev–Trinajstić information content (AvgIpc) is 2.42. The number of halogens is 3. The first-order valence-electron chi connectivity index (χ1n) is 6.10. The van der Waals surface area contributed by atoms with Crippen LogP contribution in [0.1, 0.15) is 19.5 Å². The number of alkyl halides is 3. The van der Waals surface area contributed by atoms with Gasteiger partial charge in [-0.2, -0.15) is 23.4 Å². The number of aromatic nitrogens is 2. The van der Waals surface area contributed by atoms with Gasteiger partial charge in [-0.05, 0) is 13.8 Å². The Kier molecular flexibility index (Phi) is 5.13. The first-order chi connectivity index (χ1) is 9.31. The van der Waals surface area contributed by atoms with Crippen LogP contribution >= 0.6 is 0 Å². The molecule has 1 aromatic rings. The van der Waals surface area contributed by atoms with Gasteiger partial charge in [-0.3, -0.25) is 0 Å². The first-order valence-corrected chi connectivity index (χ1v) is 6.10. The molecule has 1 N–H and O–H groups in total. The molecule has 0 aliphatic heterocycles. The lowest BCUT2D eigenvalue weighted by molar-refractivity contribution is -0.141. The summed E-state index contributed by atoms with van der Waals surface area (Å²) < 4.78 is 38.4. The summed E-state index contributed by atoms with van der Waals surface area (Å²) in [5.74, 6) is -0.253. The normalized spacial score (nSPS) is 12.7. The summed E-state index contributed by atoms with van der Waals surface area (Å²) in [6.07, 6.45) is -4.54. The Bertz CT molecular complexity index is 495. The highest BCUT2D eigenvalue weighted by atomic mass is 19.4. The summed E-state index contributed by atoms with van der Waals surface area (Å²) in [5, 5.41) is 11.3. The maximum atomic E-state index is 12.8. The summed E-state index contributed by atoms with van der Waals surface area (Å²) in [5.41, 5.74) is -1.00. The van der Waals surface area contributed by atoms with Gasteiger partial charge in [0.05, 0.1) is 12.0 Å². The molecule has 1 atom stereocenters. The van der Waals surface area contributed by atoms with Gasteiger partial charge in [-0.15, -0.1) is 0 Å². The van der Waals surface area contributed by atoms with Crippen molar-refractivity contribution in [3.63, 3.8) is 0 Å². The van der Waals surface area contributed by atoms with E-state index in [4.69, 9.17) is 5.26 Å². The van der Waals surface area contributed by atoms with E-state index >= 15 is 0 Å². The van der Waals surface area contributed by atoms with Gasteiger partial charge in [0.1, 0.15) is 5.82 Å². The van der Waals surface area contributed by atoms with Crippen LogP contribution < -0.4 is 10.2 Å². The number of rotatable bonds is 5. The van der Waals surface area contributed by atoms with Crippen molar-refractivity contribution in [3.8, 4) is 6.07 Å². The monoisotopic (exact) mass is 287 g/mol. The van der Waals surface area contributed by atoms with Crippen LogP contribution in [0.4, 0.5) is 24.9 Å². The van der Waals surface area contributed by atoms with Gasteiger partial charge in [0.25, 0.3) is 0 Å². The molecule has 1 aromatic heterocycles. The van der Waals surface area contributed by atoms with Crippen LogP contribution in [0.25, 0.3) is 0 Å². The van der Waals surface area contributed by atoms with Gasteiger partial charge < -0.3 is 10.2 Å². The molecular formula is C12H16F3N5. The number of hydrogen-bond donors (Lipinski definition) is 1. The standard InChI is InChI=1S/C12H16F3N5/c1-4-20(7-8(2)6-16)10-5-9(12(13,14)15)18-11(17-3)19-10/h5,8H,4,7H2,1-3H3,(H,17,18,19). The molecule has 1 rings (SSSR count). The van der Waals surface area contributed by atoms with Gasteiger partial charge in [-0.1, -0.05) is 0 Å². The molecule has 0 amide bonds. The summed E-state index contributed by atoms with van der Waals surface area (Å²) in [6, 6.07) is 2.95. The Hall–Kier alpha value is -2.04. The quantitative estimate of drug-likeness (QED) is 0.901. The van der Waals surface area contributed by atoms with E-state index in [2.05, 4.69) is 21.4 Å². The van der Waals surface area contributed by atoms with Crippen LogP contribution in [0.3, 0.4) is 0 Å². The maximum absolute atomic E-state index is 12.8. The SMILES string of the molecule is CCN(CC(C)C#N)c1cc(C(F)(F)F)nc(NC)n1. The molecule has 110 valence electrons. The Morgan fingerprint density at radius 2 is 2.10 bits per heavy atom. The number of nitrogens with one attached hydrogen (secondary N) is 1. The Morgan fingerprint density at radius 3 is 2.55 bits per heavy atom. The molecule has 0 radical (unpaired) electrons. The van der Waals surface area contributed by atoms with Crippen molar-refractivity contribution in [3.05, 3.63) is 11.8 Å². The molecule has 8 heteroatoms. The van der Waals surface area contributed by atoms with Crippen molar-refractivity contribution in [2.24, 2.45) is 5.92 Å². The van der Waals surface area contributed by atoms with Crippen molar-refractivity contribution >= 4 is 11.8 Å². The van der Waals surface area contributed by atoms with Crippen LogP contribution in [0.5, 0.6) is 0 Å². The molecule has 20 heavy (non-hydrogen) atoms. The van der Waals surface area contributed by atoms with E-state index in [9.17, 15) is 13.2 Å². The van der Waals surface area contributed by atoms with E-state index in [1.165, 1.54) is 7.05 Å². The highest BCUT2D eigenvalue weighted by Gasteiger charge is 2.34. The van der Waals surface area contributed by atoms with Crippen LogP contribution in [0, 0.1) is 17.2 Å². The molecule has 0 aromatic carbocycles. The topological polar surface area (TPSA) is 64.8 Å². The first kappa shape index (κ1) is 16.0. The van der Waals surface area contributed by atoms with Gasteiger partial charge in [0.15, 0.2) is 5.69 Å². The van der Waals surface area contributed by atoms with Crippen LogP contribution in [0.15, 0.2) is 6.07 Å². The summed E-state index contributed by atoms with van der Waals surface area (Å²) in [4.78, 5) is 9.04. The van der Waals surface area contributed by atoms with Gasteiger partial charge >= 0.3 is 6.18 Å². The molecule has 0 fully saturated rings. The predicted octanol–water partition coefficient (Wildman–Crippen LogP) is 2.52. The van der Waals surface area contributed by atoms with Crippen molar-refractivity contribution in [2.75, 3.05) is 30.4 Å². The van der Waals surface area contributed by atoms with Crippen LogP contribution in [-0.2, 0) is 6.18 Å². The van der Waals surface area contributed by atoms with Gasteiger partial charge in [-0.25, -0.2) is 4.98 Å². The average molecular weight is 287 g/mol. The molecule has 0 bridgehead atoms. The summed E-state index contributed by atoms with van der Waals surface area (Å²) in [6.45, 7) is 4.25. The minimum Gasteiger partial charge on any atom is -0.357 e. The molecule has 0 aliphatic rings. The Balaban J connectivity index is 3.18. The second kappa shape index (κ2) is 6.41. The zero-order valence-corrected chi connectivity index (χ0v) is 11.5. The second-order valence-corrected chi connectivity index (χ2v) is 4.25. The molecule has 5 nitrogen and oxygen atoms in total. The van der Waals surface area contributed by atoms with Gasteiger partial charge in [0.2, 0.25) is 5.95 Å². The lowest BCUT2D eigenvalue weighted by Gasteiger charge is -2.24. The lowest BCUT2D eigenvalue weighted by atomic mass is 10.2. The number of hydrogen-bond acceptors (Lipinski definition) is 5. The molecule has 0 spiro atoms. The van der Waals surface area contributed by atoms with E-state index in [-0.39, 0.29) is 17.7 Å². The van der Waals surface area contributed by atoms with E-state index < -0.39 is 11.9 Å². The van der Waals surface area contributed by atoms with Crippen LogP contribution in [0.2, 0.25) is 0 Å². The van der Waals surface area contributed by atoms with Crippen molar-refractivity contribution in [2.45, 2.75) is 20.0 Å². The van der Waals surface area contributed by atoms with Gasteiger partial charge in [0, 0.05) is 26.2 Å². The fraction of sp³-hybridized carbons (Fsp3) is 0.583. The number of nitriles is 1. The Labute approximate surface area is 115 Å². The minimum atomic E-state index is -4.54. The number of anilines is 2. The molecule has 1 heterocycles. The van der Waals surface area contributed by atoms with Crippen molar-refractivity contribution in [1.82, 2.24) is 9.97 Å². The zero-order chi connectivity index (χ0) is 15.3. The third-order valence-electron chi connectivity index (χ3n) is 2.65. The third kappa shape index (κ3) is 3.98. The smallest absolute Gasteiger partial charge is 0.357 e. The molecule has 0 saturated carbocycles. The maximum Gasteiger partial charge on any atom is 0.433 e. The van der Waals surface area contributed by atoms with Crippen LogP contribution in [-0.4, -0.2) is 30.1 Å². The van der Waals surface area contributed by atoms with Crippen molar-refractivity contribution in [1.29, 1.82) is 5.26 Å². The minimum absolute atomic E-state index is 0.0992. The molecule has 0 aliphatic carbocycles. The lowest BCUT2D eigenvalue weighted by Crippen LogP contribution is -2.29. The third-order valence-corrected chi connectivity index (χ3v) is 2.65. The molecule has 0 saturated heterocycles. The second-order valence-electron chi connectivity index (χ2n) is 4.25. The summed E-state index contributed by atoms with van der Waals surface area (Å²) in [7, 11) is 1.45. The number of nitrogens with zero attached hydrogens (tertiary/aromatic N) is 4. The summed E-state index contributed by atoms with van der Waals surface area (Å²) >= 11 is 0. The zero-order valence-electron chi connectivity index (χ0n) is 11.5. The predicted molar refractivity (Wildman–Crippen MR) is 69.2 cm³/mol. The van der Waals surface area contributed by atoms with Crippen molar-refractivity contribution < 1.29 is 13.2 Å². The Morgan fingerprint density at radius 1 is 1.45 bits per heavy atom. The fourth-order valence-corrected chi connectivity index (χ4v) is 1.61.